The van der Waals surface area contributed by atoms with Gasteiger partial charge in [0.05, 0.1) is 0 Å². The molecule has 1 spiro atoms. The van der Waals surface area contributed by atoms with Crippen LogP contribution in [0.3, 0.4) is 0 Å². The van der Waals surface area contributed by atoms with Gasteiger partial charge in [0.15, 0.2) is 0 Å². The summed E-state index contributed by atoms with van der Waals surface area (Å²) in [4.78, 5) is 15.0. The first-order chi connectivity index (χ1) is 10.2. The molecule has 4 fully saturated rings. The standard InChI is InChI=1S/C18H30N2O/c19-16-13-6-7-15(11-13)18(16)8-4-5-14(12-18)17(21)20-9-2-1-3-10-20/h13-16H,1-12,19H2/t13-,14-,15?,16-,18-/m1/s1. The lowest BCUT2D eigenvalue weighted by Crippen LogP contribution is -2.51. The lowest BCUT2D eigenvalue weighted by atomic mass is 9.59. The normalized spacial score (nSPS) is 46.2. The summed E-state index contributed by atoms with van der Waals surface area (Å²) in [6.07, 6.45) is 12.5. The monoisotopic (exact) mass is 290 g/mol. The Morgan fingerprint density at radius 3 is 2.57 bits per heavy atom. The van der Waals surface area contributed by atoms with Gasteiger partial charge in [-0.3, -0.25) is 4.79 Å². The van der Waals surface area contributed by atoms with E-state index in [1.54, 1.807) is 0 Å². The minimum atomic E-state index is 0.280. The molecular formula is C18H30N2O. The first-order valence-corrected chi connectivity index (χ1v) is 9.25. The molecule has 2 N–H and O–H groups in total. The average molecular weight is 290 g/mol. The van der Waals surface area contributed by atoms with Crippen molar-refractivity contribution < 1.29 is 4.79 Å². The highest BCUT2D eigenvalue weighted by Crippen LogP contribution is 2.61. The Bertz CT molecular complexity index is 413. The van der Waals surface area contributed by atoms with Gasteiger partial charge in [-0.2, -0.15) is 0 Å². The van der Waals surface area contributed by atoms with Crippen molar-refractivity contribution in [1.82, 2.24) is 4.90 Å². The summed E-state index contributed by atoms with van der Waals surface area (Å²) in [5.41, 5.74) is 6.98. The number of nitrogens with two attached hydrogens (primary N) is 1. The fourth-order valence-corrected chi connectivity index (χ4v) is 6.20. The van der Waals surface area contributed by atoms with Crippen LogP contribution in [0.5, 0.6) is 0 Å². The quantitative estimate of drug-likeness (QED) is 0.807. The van der Waals surface area contributed by atoms with Crippen molar-refractivity contribution >= 4 is 5.91 Å². The molecule has 1 amide bonds. The van der Waals surface area contributed by atoms with Gasteiger partial charge in [-0.1, -0.05) is 6.42 Å². The first kappa shape index (κ1) is 14.0. The highest BCUT2D eigenvalue weighted by molar-refractivity contribution is 5.79. The van der Waals surface area contributed by atoms with Gasteiger partial charge in [-0.25, -0.2) is 0 Å². The van der Waals surface area contributed by atoms with E-state index in [0.29, 0.717) is 17.4 Å². The number of hydrogen-bond donors (Lipinski definition) is 1. The van der Waals surface area contributed by atoms with Crippen LogP contribution < -0.4 is 5.73 Å². The number of piperidine rings is 1. The second-order valence-electron chi connectivity index (χ2n) is 8.21. The van der Waals surface area contributed by atoms with E-state index < -0.39 is 0 Å². The van der Waals surface area contributed by atoms with Crippen LogP contribution in [0, 0.1) is 23.2 Å². The molecule has 1 saturated heterocycles. The van der Waals surface area contributed by atoms with Crippen molar-refractivity contribution in [3.8, 4) is 0 Å². The topological polar surface area (TPSA) is 46.3 Å². The van der Waals surface area contributed by atoms with E-state index in [4.69, 9.17) is 5.73 Å². The van der Waals surface area contributed by atoms with Gasteiger partial charge in [0.1, 0.15) is 0 Å². The Labute approximate surface area is 128 Å². The molecule has 1 unspecified atom stereocenters. The summed E-state index contributed by atoms with van der Waals surface area (Å²) in [6, 6.07) is 0.383. The van der Waals surface area contributed by atoms with Gasteiger partial charge >= 0.3 is 0 Å². The van der Waals surface area contributed by atoms with Gasteiger partial charge in [0.25, 0.3) is 0 Å². The molecule has 0 radical (unpaired) electrons. The zero-order chi connectivity index (χ0) is 14.4. The highest BCUT2D eigenvalue weighted by Gasteiger charge is 2.58. The van der Waals surface area contributed by atoms with Gasteiger partial charge in [0.2, 0.25) is 5.91 Å². The number of hydrogen-bond acceptors (Lipinski definition) is 2. The maximum atomic E-state index is 12.9. The molecule has 118 valence electrons. The van der Waals surface area contributed by atoms with Crippen LogP contribution in [-0.4, -0.2) is 29.9 Å². The fraction of sp³-hybridized carbons (Fsp3) is 0.944. The van der Waals surface area contributed by atoms with Crippen LogP contribution >= 0.6 is 0 Å². The molecule has 3 saturated carbocycles. The average Bonchev–Trinajstić information content (AvgIpc) is 3.11. The number of fused-ring (bicyclic) bond motifs is 3. The molecule has 3 aliphatic carbocycles. The lowest BCUT2D eigenvalue weighted by molar-refractivity contribution is -0.140. The van der Waals surface area contributed by atoms with Gasteiger partial charge < -0.3 is 10.6 Å². The molecule has 1 heterocycles. The first-order valence-electron chi connectivity index (χ1n) is 9.25. The third-order valence-electron chi connectivity index (χ3n) is 7.30. The van der Waals surface area contributed by atoms with E-state index in [0.717, 1.165) is 37.8 Å². The third kappa shape index (κ3) is 2.15. The maximum absolute atomic E-state index is 12.9. The van der Waals surface area contributed by atoms with E-state index in [2.05, 4.69) is 4.90 Å². The second-order valence-corrected chi connectivity index (χ2v) is 8.21. The molecule has 3 nitrogen and oxygen atoms in total. The SMILES string of the molecule is N[C@@H]1[C@@H]2CCC(C2)[C@]12CCC[C@@H](C(=O)N1CCCCC1)C2. The zero-order valence-electron chi connectivity index (χ0n) is 13.2. The van der Waals surface area contributed by atoms with E-state index in [-0.39, 0.29) is 5.92 Å². The number of amides is 1. The summed E-state index contributed by atoms with van der Waals surface area (Å²) in [5, 5.41) is 0. The summed E-state index contributed by atoms with van der Waals surface area (Å²) >= 11 is 0. The predicted octanol–water partition coefficient (Wildman–Crippen LogP) is 2.93. The smallest absolute Gasteiger partial charge is 0.225 e. The molecule has 3 heteroatoms. The van der Waals surface area contributed by atoms with Crippen LogP contribution in [-0.2, 0) is 4.79 Å². The van der Waals surface area contributed by atoms with Crippen LogP contribution in [0.25, 0.3) is 0 Å². The Hall–Kier alpha value is -0.570. The summed E-state index contributed by atoms with van der Waals surface area (Å²) in [6.45, 7) is 2.00. The third-order valence-corrected chi connectivity index (χ3v) is 7.30. The van der Waals surface area contributed by atoms with Crippen molar-refractivity contribution in [1.29, 1.82) is 0 Å². The summed E-state index contributed by atoms with van der Waals surface area (Å²) < 4.78 is 0. The molecule has 0 aromatic rings. The van der Waals surface area contributed by atoms with Crippen molar-refractivity contribution in [3.63, 3.8) is 0 Å². The van der Waals surface area contributed by atoms with Crippen molar-refractivity contribution in [2.45, 2.75) is 70.3 Å². The number of carbonyl (C=O) groups excluding carboxylic acids is 1. The molecule has 4 aliphatic rings. The largest absolute Gasteiger partial charge is 0.342 e. The van der Waals surface area contributed by atoms with E-state index >= 15 is 0 Å². The molecule has 2 bridgehead atoms. The van der Waals surface area contributed by atoms with Crippen molar-refractivity contribution in [2.75, 3.05) is 13.1 Å². The number of nitrogens with zero attached hydrogens (tertiary/aromatic N) is 1. The van der Waals surface area contributed by atoms with Crippen LogP contribution in [0.4, 0.5) is 0 Å². The van der Waals surface area contributed by atoms with Crippen LogP contribution in [0.2, 0.25) is 0 Å². The van der Waals surface area contributed by atoms with Gasteiger partial charge in [-0.05, 0) is 75.0 Å². The predicted molar refractivity (Wildman–Crippen MR) is 83.6 cm³/mol. The van der Waals surface area contributed by atoms with Crippen molar-refractivity contribution in [3.05, 3.63) is 0 Å². The molecule has 1 aliphatic heterocycles. The van der Waals surface area contributed by atoms with Crippen molar-refractivity contribution in [2.24, 2.45) is 28.9 Å². The second kappa shape index (κ2) is 5.26. The maximum Gasteiger partial charge on any atom is 0.225 e. The Balaban J connectivity index is 1.49. The van der Waals surface area contributed by atoms with Gasteiger partial charge in [0, 0.05) is 25.0 Å². The van der Waals surface area contributed by atoms with Gasteiger partial charge in [-0.15, -0.1) is 0 Å². The molecule has 0 aromatic carbocycles. The molecule has 21 heavy (non-hydrogen) atoms. The highest BCUT2D eigenvalue weighted by atomic mass is 16.2. The summed E-state index contributed by atoms with van der Waals surface area (Å²) in [7, 11) is 0. The Kier molecular flexibility index (Phi) is 3.52. The number of carbonyl (C=O) groups is 1. The lowest BCUT2D eigenvalue weighted by Gasteiger charge is -2.48. The van der Waals surface area contributed by atoms with E-state index in [1.165, 1.54) is 51.4 Å². The zero-order valence-corrected chi connectivity index (χ0v) is 13.2. The molecule has 4 rings (SSSR count). The van der Waals surface area contributed by atoms with Crippen LogP contribution in [0.15, 0.2) is 0 Å². The summed E-state index contributed by atoms with van der Waals surface area (Å²) in [5.74, 6) is 2.33. The number of rotatable bonds is 1. The van der Waals surface area contributed by atoms with Crippen LogP contribution in [0.1, 0.15) is 64.2 Å². The molecule has 0 aromatic heterocycles. The molecule has 5 atom stereocenters. The van der Waals surface area contributed by atoms with E-state index in [9.17, 15) is 4.79 Å². The molecular weight excluding hydrogens is 260 g/mol. The fourth-order valence-electron chi connectivity index (χ4n) is 6.20. The van der Waals surface area contributed by atoms with E-state index in [1.807, 2.05) is 0 Å². The minimum Gasteiger partial charge on any atom is -0.342 e. The Morgan fingerprint density at radius 2 is 1.86 bits per heavy atom. The number of likely N-dealkylation sites (tertiary alicyclic amines) is 1. The minimum absolute atomic E-state index is 0.280. The Morgan fingerprint density at radius 1 is 1.05 bits per heavy atom.